The van der Waals surface area contributed by atoms with Crippen LogP contribution in [0.4, 0.5) is 0 Å². The molecule has 0 spiro atoms. The molecule has 116 heavy (non-hydrogen) atoms. The van der Waals surface area contributed by atoms with Gasteiger partial charge in [0.05, 0.1) is 0 Å². The van der Waals surface area contributed by atoms with Gasteiger partial charge in [-0.05, 0) is 192 Å². The summed E-state index contributed by atoms with van der Waals surface area (Å²) in [5.74, 6) is 0. The van der Waals surface area contributed by atoms with Gasteiger partial charge in [0.25, 0.3) is 0 Å². The number of hydrogen-bond donors (Lipinski definition) is 0. The van der Waals surface area contributed by atoms with Gasteiger partial charge in [0.2, 0.25) is 0 Å². The van der Waals surface area contributed by atoms with Crippen molar-refractivity contribution >= 4 is 195 Å². The molecule has 536 valence electrons. The van der Waals surface area contributed by atoms with Crippen LogP contribution in [0.5, 0.6) is 0 Å². The average Bonchev–Trinajstić information content (AvgIpc) is 0.692. The van der Waals surface area contributed by atoms with Gasteiger partial charge < -0.3 is 17.7 Å². The smallest absolute Gasteiger partial charge is 0.143 e. The second kappa shape index (κ2) is 25.1. The molecule has 0 aliphatic heterocycles. The van der Waals surface area contributed by atoms with Gasteiger partial charge in [-0.3, -0.25) is 0 Å². The molecule has 4 heterocycles. The molecule has 0 radical (unpaired) electrons. The normalized spacial score (nSPS) is 12.1. The van der Waals surface area contributed by atoms with Crippen molar-refractivity contribution in [1.82, 2.24) is 0 Å². The van der Waals surface area contributed by atoms with E-state index in [0.717, 1.165) is 142 Å². The first kappa shape index (κ1) is 64.3. The molecule has 0 atom stereocenters. The van der Waals surface area contributed by atoms with Gasteiger partial charge in [0.15, 0.2) is 0 Å². The maximum atomic E-state index is 7.09. The fourth-order valence-electron chi connectivity index (χ4n) is 19.6. The lowest BCUT2D eigenvalue weighted by Crippen LogP contribution is -1.93. The van der Waals surface area contributed by atoms with Gasteiger partial charge in [0, 0.05) is 86.2 Å². The predicted molar refractivity (Wildman–Crippen MR) is 490 cm³/mol. The van der Waals surface area contributed by atoms with E-state index < -0.39 is 0 Å². The van der Waals surface area contributed by atoms with E-state index in [1.165, 1.54) is 121 Å². The van der Waals surface area contributed by atoms with E-state index in [-0.39, 0.29) is 0 Å². The monoisotopic (exact) mass is 1470 g/mol. The van der Waals surface area contributed by atoms with Crippen LogP contribution in [-0.4, -0.2) is 0 Å². The Bertz CT molecular complexity index is 8170. The van der Waals surface area contributed by atoms with Crippen LogP contribution in [0.1, 0.15) is 0 Å². The van der Waals surface area contributed by atoms with Crippen molar-refractivity contribution in [3.63, 3.8) is 0 Å². The molecule has 0 saturated carbocycles. The largest absolute Gasteiger partial charge is 0.455 e. The van der Waals surface area contributed by atoms with Gasteiger partial charge >= 0.3 is 0 Å². The van der Waals surface area contributed by atoms with E-state index in [1.54, 1.807) is 0 Å². The third-order valence-electron chi connectivity index (χ3n) is 24.8. The minimum atomic E-state index is 0.870. The van der Waals surface area contributed by atoms with Crippen molar-refractivity contribution in [3.8, 4) is 66.8 Å². The highest BCUT2D eigenvalue weighted by molar-refractivity contribution is 6.44. The van der Waals surface area contributed by atoms with Crippen LogP contribution in [-0.2, 0) is 0 Å². The van der Waals surface area contributed by atoms with Gasteiger partial charge in [-0.15, -0.1) is 0 Å². The number of benzene rings is 22. The Hall–Kier alpha value is -15.4. The first-order valence-electron chi connectivity index (χ1n) is 39.8. The van der Waals surface area contributed by atoms with Gasteiger partial charge in [-0.1, -0.05) is 328 Å². The van der Waals surface area contributed by atoms with Gasteiger partial charge in [-0.2, -0.15) is 0 Å². The zero-order chi connectivity index (χ0) is 75.8. The molecule has 4 heteroatoms. The third kappa shape index (κ3) is 9.62. The quantitative estimate of drug-likeness (QED) is 0.123. The molecule has 26 rings (SSSR count). The van der Waals surface area contributed by atoms with Gasteiger partial charge in [-0.25, -0.2) is 0 Å². The van der Waals surface area contributed by atoms with Crippen molar-refractivity contribution in [2.24, 2.45) is 0 Å². The summed E-state index contributed by atoms with van der Waals surface area (Å²) in [6, 6.07) is 140. The van der Waals surface area contributed by atoms with E-state index >= 15 is 0 Å². The molecular weight excluding hydrogens is 1410 g/mol. The SMILES string of the molecule is c1ccc(-c2ccc(-c3cc4c(oc5cccc6c5c4c4cccc5oc7c8ccccc8c(-c8ccc(-c9ccccc9)cc8)cc7c6c54)c4ccccc34)cc2)cc1.c1ccc2cc(-c3cc4c(oc5cccc6c5c4c4cccc5oc7c8ccccc8c(-c8ccc9ccccc9c8)cc7c6c54)c4ccccc34)ccc2c1. The van der Waals surface area contributed by atoms with E-state index in [1.807, 2.05) is 0 Å². The third-order valence-corrected chi connectivity index (χ3v) is 24.8. The summed E-state index contributed by atoms with van der Waals surface area (Å²) in [6.07, 6.45) is 0. The van der Waals surface area contributed by atoms with Crippen LogP contribution < -0.4 is 0 Å². The molecule has 4 aromatic heterocycles. The first-order valence-corrected chi connectivity index (χ1v) is 39.8. The topological polar surface area (TPSA) is 52.6 Å². The molecule has 26 aromatic rings. The maximum Gasteiger partial charge on any atom is 0.143 e. The summed E-state index contributed by atoms with van der Waals surface area (Å²) in [7, 11) is 0. The lowest BCUT2D eigenvalue weighted by molar-refractivity contribution is 0.665. The second-order valence-electron chi connectivity index (χ2n) is 31.0. The van der Waals surface area contributed by atoms with Crippen LogP contribution in [0.15, 0.2) is 406 Å². The summed E-state index contributed by atoms with van der Waals surface area (Å²) in [6.45, 7) is 0. The lowest BCUT2D eigenvalue weighted by atomic mass is 9.87. The first-order chi connectivity index (χ1) is 57.5. The van der Waals surface area contributed by atoms with Crippen molar-refractivity contribution in [3.05, 3.63) is 388 Å². The van der Waals surface area contributed by atoms with Crippen LogP contribution >= 0.6 is 0 Å². The lowest BCUT2D eigenvalue weighted by Gasteiger charge is -2.19. The molecule has 0 bridgehead atoms. The number of rotatable bonds is 6. The van der Waals surface area contributed by atoms with Crippen molar-refractivity contribution in [1.29, 1.82) is 0 Å². The average molecular weight is 1470 g/mol. The van der Waals surface area contributed by atoms with Crippen molar-refractivity contribution < 1.29 is 17.7 Å². The van der Waals surface area contributed by atoms with E-state index in [2.05, 4.69) is 388 Å². The fraction of sp³-hybridized carbons (Fsp3) is 0. The fourth-order valence-corrected chi connectivity index (χ4v) is 19.6. The highest BCUT2D eigenvalue weighted by atomic mass is 16.3. The van der Waals surface area contributed by atoms with E-state index in [4.69, 9.17) is 17.7 Å². The Morgan fingerprint density at radius 2 is 0.345 bits per heavy atom. The van der Waals surface area contributed by atoms with E-state index in [9.17, 15) is 0 Å². The summed E-state index contributed by atoms with van der Waals surface area (Å²) in [5.41, 5.74) is 21.3. The maximum absolute atomic E-state index is 7.09. The standard InChI is InChI=1S/C58H34O2.C54H30O2/c1-3-13-35(14-4-1)37-25-29-39(30-26-37)47-33-49-53-45-21-11-24-52-56(45)54(46-22-12-23-51(55(46)53)59-57(49)43-19-9-7-17-41(43)47)50-34-48(42-18-8-10-20-44(42)58(50)60-52)40-31-27-38(28-32-40)36-15-5-2-6-16-36;1-3-13-33-27-35(25-23-31(33)11-1)43-29-45-49-41-19-9-22-48-52(41)50(42-20-10-21-47(51(42)49)55-53(45)39-17-7-5-15-37(39)43)46-30-44(38-16-6-8-18-40(38)54(46)56-48)36-26-24-32-12-2-4-14-34(32)28-36/h1-34H;1-30H. The molecule has 4 nitrogen and oxygen atoms in total. The molecular formula is C112H64O4. The summed E-state index contributed by atoms with van der Waals surface area (Å²) in [4.78, 5) is 0. The van der Waals surface area contributed by atoms with Gasteiger partial charge in [0.1, 0.15) is 44.7 Å². The zero-order valence-corrected chi connectivity index (χ0v) is 62.6. The van der Waals surface area contributed by atoms with Crippen LogP contribution in [0.3, 0.4) is 0 Å². The highest BCUT2D eigenvalue weighted by Crippen LogP contribution is 2.54. The molecule has 0 N–H and O–H groups in total. The van der Waals surface area contributed by atoms with Crippen molar-refractivity contribution in [2.45, 2.75) is 0 Å². The minimum absolute atomic E-state index is 0.870. The number of fused-ring (bicyclic) bond motifs is 22. The Kier molecular flexibility index (Phi) is 13.9. The van der Waals surface area contributed by atoms with Crippen molar-refractivity contribution in [2.75, 3.05) is 0 Å². The van der Waals surface area contributed by atoms with E-state index in [0.29, 0.717) is 0 Å². The highest BCUT2D eigenvalue weighted by Gasteiger charge is 2.27. The Balaban J connectivity index is 0.000000130. The summed E-state index contributed by atoms with van der Waals surface area (Å²) < 4.78 is 28.4. The van der Waals surface area contributed by atoms with Crippen LogP contribution in [0, 0.1) is 0 Å². The molecule has 0 unspecified atom stereocenters. The Morgan fingerprint density at radius 1 is 0.121 bits per heavy atom. The molecule has 0 aliphatic carbocycles. The molecule has 0 saturated heterocycles. The number of hydrogen-bond acceptors (Lipinski definition) is 4. The summed E-state index contributed by atoms with van der Waals surface area (Å²) >= 11 is 0. The molecule has 0 amide bonds. The van der Waals surface area contributed by atoms with Crippen LogP contribution in [0.25, 0.3) is 262 Å². The Morgan fingerprint density at radius 3 is 0.647 bits per heavy atom. The summed E-state index contributed by atoms with van der Waals surface area (Å²) in [5, 5.41) is 32.2. The molecule has 22 aromatic carbocycles. The zero-order valence-electron chi connectivity index (χ0n) is 62.6. The molecule has 0 aliphatic rings. The second-order valence-corrected chi connectivity index (χ2v) is 31.0. The Labute approximate surface area is 663 Å². The predicted octanol–water partition coefficient (Wildman–Crippen LogP) is 32.5. The van der Waals surface area contributed by atoms with Crippen LogP contribution in [0.2, 0.25) is 0 Å². The molecule has 0 fully saturated rings. The minimum Gasteiger partial charge on any atom is -0.455 e.